The Bertz CT molecular complexity index is 3510. The predicted molar refractivity (Wildman–Crippen MR) is 326 cm³/mol. The third-order valence-electron chi connectivity index (χ3n) is 20.4. The van der Waals surface area contributed by atoms with E-state index in [2.05, 4.69) is 257 Å². The van der Waals surface area contributed by atoms with Gasteiger partial charge in [0.15, 0.2) is 0 Å². The van der Waals surface area contributed by atoms with Crippen LogP contribution in [0, 0.1) is 0 Å². The molecule has 0 aromatic heterocycles. The van der Waals surface area contributed by atoms with E-state index in [1.807, 2.05) is 0 Å². The Hall–Kier alpha value is -5.78. The zero-order chi connectivity index (χ0) is 52.8. The summed E-state index contributed by atoms with van der Waals surface area (Å²) in [6.45, 7) is 37.0. The van der Waals surface area contributed by atoms with Crippen LogP contribution in [0.5, 0.6) is 0 Å². The Balaban J connectivity index is 1.20. The fourth-order valence-electron chi connectivity index (χ4n) is 16.0. The minimum absolute atomic E-state index is 0.0208. The molecular weight excluding hydrogens is 922 g/mol. The van der Waals surface area contributed by atoms with Crippen LogP contribution in [0.3, 0.4) is 0 Å². The van der Waals surface area contributed by atoms with E-state index >= 15 is 0 Å². The van der Waals surface area contributed by atoms with Gasteiger partial charge in [-0.15, -0.1) is 0 Å². The molecule has 6 aliphatic rings. The Labute approximate surface area is 451 Å². The van der Waals surface area contributed by atoms with E-state index in [1.54, 1.807) is 10.8 Å². The maximum atomic E-state index is 2.99. The summed E-state index contributed by atoms with van der Waals surface area (Å²) >= 11 is 0. The molecule has 0 bridgehead atoms. The summed E-state index contributed by atoms with van der Waals surface area (Å²) in [6, 6.07) is 56.9. The van der Waals surface area contributed by atoms with Crippen LogP contribution in [-0.4, -0.2) is 20.3 Å². The first-order valence-corrected chi connectivity index (χ1v) is 32.1. The highest BCUT2D eigenvalue weighted by Crippen LogP contribution is 2.67. The molecule has 382 valence electrons. The van der Waals surface area contributed by atoms with Crippen LogP contribution in [0.25, 0.3) is 0 Å². The van der Waals surface area contributed by atoms with E-state index in [4.69, 9.17) is 0 Å². The Morgan fingerprint density at radius 3 is 1.79 bits per heavy atom. The topological polar surface area (TPSA) is 9.72 Å². The van der Waals surface area contributed by atoms with E-state index in [9.17, 15) is 0 Å². The standard InChI is InChI=1S/C70H80BN3Si/c1-64(2,3)46-27-31-50(32-28-46)72-59-34-30-49(66(7,8)9)40-56(59)71-57-44-52(75(13,14)15)43-55-63(57)74(68(11)36-21-22-37-70(55,68)47-24-17-16-18-25-47)61-42-51(41-60(72)62(61)71)73-58-33-29-48(65(4,5)6)39-54(58)67(10)38-35-45-23-19-20-26-53(45)69(67,73)12/h16-20,23-34,39-44H,21-22,35-38H2,1-15H3. The van der Waals surface area contributed by atoms with Crippen molar-refractivity contribution in [1.29, 1.82) is 0 Å². The van der Waals surface area contributed by atoms with E-state index in [-0.39, 0.29) is 44.9 Å². The molecule has 0 radical (unpaired) electrons. The van der Waals surface area contributed by atoms with Crippen molar-refractivity contribution in [2.24, 2.45) is 0 Å². The second kappa shape index (κ2) is 15.7. The lowest BCUT2D eigenvalue weighted by atomic mass is 9.33. The van der Waals surface area contributed by atoms with Gasteiger partial charge in [-0.3, -0.25) is 0 Å². The van der Waals surface area contributed by atoms with Gasteiger partial charge in [0, 0.05) is 50.6 Å². The average Bonchev–Trinajstić information content (AvgIpc) is 3.91. The van der Waals surface area contributed by atoms with Gasteiger partial charge in [0.1, 0.15) is 0 Å². The molecule has 0 N–H and O–H groups in total. The van der Waals surface area contributed by atoms with Crippen molar-refractivity contribution in [2.75, 3.05) is 14.7 Å². The van der Waals surface area contributed by atoms with E-state index in [1.165, 1.54) is 108 Å². The van der Waals surface area contributed by atoms with Crippen LogP contribution < -0.4 is 36.3 Å². The first-order valence-electron chi connectivity index (χ1n) is 28.6. The largest absolute Gasteiger partial charge is 0.335 e. The zero-order valence-corrected chi connectivity index (χ0v) is 48.9. The highest BCUT2D eigenvalue weighted by Gasteiger charge is 2.65. The van der Waals surface area contributed by atoms with Crippen molar-refractivity contribution in [3.05, 3.63) is 184 Å². The van der Waals surface area contributed by atoms with Crippen LogP contribution in [-0.2, 0) is 39.0 Å². The third kappa shape index (κ3) is 6.52. The first-order chi connectivity index (χ1) is 35.3. The van der Waals surface area contributed by atoms with Gasteiger partial charge < -0.3 is 14.7 Å². The normalized spacial score (nSPS) is 24.3. The molecule has 4 aliphatic heterocycles. The van der Waals surface area contributed by atoms with Gasteiger partial charge in [0.05, 0.1) is 19.2 Å². The smallest absolute Gasteiger partial charge is 0.252 e. The monoisotopic (exact) mass is 1000 g/mol. The molecule has 0 spiro atoms. The molecule has 2 aliphatic carbocycles. The maximum absolute atomic E-state index is 2.99. The first kappa shape index (κ1) is 48.8. The highest BCUT2D eigenvalue weighted by atomic mass is 28.3. The summed E-state index contributed by atoms with van der Waals surface area (Å²) in [7, 11) is -1.86. The van der Waals surface area contributed by atoms with E-state index in [0.717, 1.165) is 25.7 Å². The molecule has 3 nitrogen and oxygen atoms in total. The lowest BCUT2D eigenvalue weighted by molar-refractivity contribution is 0.215. The van der Waals surface area contributed by atoms with Crippen molar-refractivity contribution >= 4 is 76.2 Å². The molecule has 4 unspecified atom stereocenters. The Morgan fingerprint density at radius 2 is 1.11 bits per heavy atom. The summed E-state index contributed by atoms with van der Waals surface area (Å²) in [5.41, 5.74) is 24.4. The molecule has 13 rings (SSSR count). The van der Waals surface area contributed by atoms with Crippen LogP contribution in [0.15, 0.2) is 140 Å². The fraction of sp³-hybridized carbons (Fsp3) is 0.400. The molecular formula is C70H80BN3Si. The second-order valence-electron chi connectivity index (χ2n) is 28.7. The van der Waals surface area contributed by atoms with Crippen LogP contribution >= 0.6 is 0 Å². The summed E-state index contributed by atoms with van der Waals surface area (Å²) < 4.78 is 0. The molecule has 4 heterocycles. The molecule has 7 aromatic rings. The Morgan fingerprint density at radius 1 is 0.493 bits per heavy atom. The van der Waals surface area contributed by atoms with Crippen molar-refractivity contribution < 1.29 is 0 Å². The molecule has 1 saturated carbocycles. The third-order valence-corrected chi connectivity index (χ3v) is 22.4. The molecule has 0 saturated heterocycles. The van der Waals surface area contributed by atoms with Crippen LogP contribution in [0.1, 0.15) is 160 Å². The quantitative estimate of drug-likeness (QED) is 0.163. The van der Waals surface area contributed by atoms with Gasteiger partial charge in [-0.25, -0.2) is 0 Å². The molecule has 4 atom stereocenters. The molecule has 1 fully saturated rings. The lowest BCUT2D eigenvalue weighted by Gasteiger charge is -2.55. The SMILES string of the molecule is CC(C)(C)c1ccc(N2c3ccc(C(C)(C)C)cc3B3c4cc([Si](C)(C)C)cc5c4N(c4cc(N6c7ccc(C(C)(C)C)cc7C7(C)CCc8ccccc8C67C)cc2c43)C2(C)CCCCC52c2ccccc2)cc1. The number of benzene rings is 7. The predicted octanol–water partition coefficient (Wildman–Crippen LogP) is 15.8. The summed E-state index contributed by atoms with van der Waals surface area (Å²) in [5.74, 6) is 0. The fourth-order valence-corrected chi connectivity index (χ4v) is 17.1. The summed E-state index contributed by atoms with van der Waals surface area (Å²) in [4.78, 5) is 8.54. The molecule has 75 heavy (non-hydrogen) atoms. The number of nitrogens with zero attached hydrogens (tertiary/aromatic N) is 3. The maximum Gasteiger partial charge on any atom is 0.252 e. The highest BCUT2D eigenvalue weighted by molar-refractivity contribution is 7.01. The van der Waals surface area contributed by atoms with Crippen molar-refractivity contribution in [3.63, 3.8) is 0 Å². The van der Waals surface area contributed by atoms with E-state index in [0.29, 0.717) is 0 Å². The minimum Gasteiger partial charge on any atom is -0.335 e. The number of rotatable bonds is 4. The number of fused-ring (bicyclic) bond motifs is 12. The minimum atomic E-state index is -1.86. The van der Waals surface area contributed by atoms with Gasteiger partial charge in [-0.2, -0.15) is 0 Å². The van der Waals surface area contributed by atoms with E-state index < -0.39 is 8.07 Å². The number of hydrogen-bond acceptors (Lipinski definition) is 3. The average molecular weight is 1000 g/mol. The molecule has 7 aromatic carbocycles. The summed E-state index contributed by atoms with van der Waals surface area (Å²) in [6.07, 6.45) is 6.86. The lowest BCUT2D eigenvalue weighted by Crippen LogP contribution is -2.65. The molecule has 0 amide bonds. The van der Waals surface area contributed by atoms with Crippen molar-refractivity contribution in [2.45, 2.75) is 179 Å². The molecule has 5 heteroatoms. The number of hydrogen-bond donors (Lipinski definition) is 0. The van der Waals surface area contributed by atoms with Crippen LogP contribution in [0.2, 0.25) is 19.6 Å². The van der Waals surface area contributed by atoms with Crippen molar-refractivity contribution in [3.8, 4) is 0 Å². The van der Waals surface area contributed by atoms with Gasteiger partial charge in [0.2, 0.25) is 0 Å². The number of aryl methyl sites for hydroxylation is 1. The summed E-state index contributed by atoms with van der Waals surface area (Å²) in [5, 5.41) is 1.57. The Kier molecular flexibility index (Phi) is 10.2. The zero-order valence-electron chi connectivity index (χ0n) is 47.9. The van der Waals surface area contributed by atoms with Crippen molar-refractivity contribution in [1.82, 2.24) is 0 Å². The van der Waals surface area contributed by atoms with Gasteiger partial charge >= 0.3 is 0 Å². The van der Waals surface area contributed by atoms with Gasteiger partial charge in [-0.05, 0) is 153 Å². The number of anilines is 7. The van der Waals surface area contributed by atoms with Gasteiger partial charge in [0.25, 0.3) is 6.71 Å². The van der Waals surface area contributed by atoms with Crippen LogP contribution in [0.4, 0.5) is 39.8 Å². The van der Waals surface area contributed by atoms with Gasteiger partial charge in [-0.1, -0.05) is 210 Å². The second-order valence-corrected chi connectivity index (χ2v) is 33.7.